The van der Waals surface area contributed by atoms with Crippen molar-refractivity contribution in [2.75, 3.05) is 18.0 Å². The highest BCUT2D eigenvalue weighted by molar-refractivity contribution is 5.47. The first-order valence-corrected chi connectivity index (χ1v) is 5.84. The molecule has 6 heteroatoms. The van der Waals surface area contributed by atoms with Gasteiger partial charge in [-0.15, -0.1) is 0 Å². The zero-order chi connectivity index (χ0) is 13.8. The minimum atomic E-state index is -4.23. The van der Waals surface area contributed by atoms with Crippen LogP contribution in [0.25, 0.3) is 0 Å². The summed E-state index contributed by atoms with van der Waals surface area (Å²) in [5.74, 6) is 0.381. The van der Waals surface area contributed by atoms with Crippen molar-refractivity contribution in [3.05, 3.63) is 23.4 Å². The number of anilines is 1. The molecule has 0 fully saturated rings. The molecule has 3 nitrogen and oxygen atoms in total. The summed E-state index contributed by atoms with van der Waals surface area (Å²) in [6.45, 7) is 3.28. The van der Waals surface area contributed by atoms with Gasteiger partial charge in [-0.25, -0.2) is 4.98 Å². The highest BCUT2D eigenvalue weighted by atomic mass is 19.4. The lowest BCUT2D eigenvalue weighted by Crippen LogP contribution is -2.35. The van der Waals surface area contributed by atoms with E-state index in [1.165, 1.54) is 11.1 Å². The quantitative estimate of drug-likeness (QED) is 0.886. The van der Waals surface area contributed by atoms with Gasteiger partial charge in [0.05, 0.1) is 0 Å². The van der Waals surface area contributed by atoms with Gasteiger partial charge in [0.1, 0.15) is 12.4 Å². The van der Waals surface area contributed by atoms with Crippen LogP contribution >= 0.6 is 0 Å². The minimum absolute atomic E-state index is 0.329. The molecule has 0 amide bonds. The Kier molecular flexibility index (Phi) is 4.95. The fraction of sp³-hybridized carbons (Fsp3) is 0.583. The van der Waals surface area contributed by atoms with Crippen LogP contribution in [0.5, 0.6) is 0 Å². The summed E-state index contributed by atoms with van der Waals surface area (Å²) in [5, 5.41) is 0. The average molecular weight is 261 g/mol. The van der Waals surface area contributed by atoms with Crippen LogP contribution in [0.1, 0.15) is 24.5 Å². The minimum Gasteiger partial charge on any atom is -0.347 e. The van der Waals surface area contributed by atoms with E-state index in [1.54, 1.807) is 13.0 Å². The second-order valence-corrected chi connectivity index (χ2v) is 4.22. The summed E-state index contributed by atoms with van der Waals surface area (Å²) in [5.41, 5.74) is 7.01. The van der Waals surface area contributed by atoms with Gasteiger partial charge in [0.2, 0.25) is 0 Å². The zero-order valence-electron chi connectivity index (χ0n) is 10.6. The van der Waals surface area contributed by atoms with Gasteiger partial charge in [-0.2, -0.15) is 13.2 Å². The van der Waals surface area contributed by atoms with Crippen molar-refractivity contribution in [2.45, 2.75) is 33.0 Å². The van der Waals surface area contributed by atoms with Crippen LogP contribution in [0.4, 0.5) is 19.0 Å². The van der Waals surface area contributed by atoms with Gasteiger partial charge in [0.15, 0.2) is 0 Å². The van der Waals surface area contributed by atoms with Crippen molar-refractivity contribution in [3.63, 3.8) is 0 Å². The monoisotopic (exact) mass is 261 g/mol. The number of nitrogens with two attached hydrogens (primary N) is 1. The Morgan fingerprint density at radius 3 is 2.50 bits per heavy atom. The molecule has 0 bridgehead atoms. The molecule has 0 aliphatic heterocycles. The Morgan fingerprint density at radius 2 is 2.06 bits per heavy atom. The number of alkyl halides is 3. The van der Waals surface area contributed by atoms with Crippen LogP contribution in [-0.4, -0.2) is 24.2 Å². The Bertz CT molecular complexity index is 391. The molecule has 1 aromatic heterocycles. The predicted octanol–water partition coefficient (Wildman–Crippen LogP) is 2.63. The Morgan fingerprint density at radius 1 is 1.39 bits per heavy atom. The van der Waals surface area contributed by atoms with E-state index in [9.17, 15) is 13.2 Å². The molecule has 2 N–H and O–H groups in total. The Labute approximate surface area is 105 Å². The molecule has 102 valence electrons. The molecule has 0 aliphatic rings. The van der Waals surface area contributed by atoms with E-state index < -0.39 is 12.7 Å². The number of hydrogen-bond donors (Lipinski definition) is 1. The molecule has 0 saturated heterocycles. The third-order valence-electron chi connectivity index (χ3n) is 2.51. The summed E-state index contributed by atoms with van der Waals surface area (Å²) >= 11 is 0. The number of aromatic nitrogens is 1. The highest BCUT2D eigenvalue weighted by Crippen LogP contribution is 2.23. The van der Waals surface area contributed by atoms with E-state index in [-0.39, 0.29) is 0 Å². The second-order valence-electron chi connectivity index (χ2n) is 4.22. The first-order valence-electron chi connectivity index (χ1n) is 5.84. The molecular weight excluding hydrogens is 243 g/mol. The van der Waals surface area contributed by atoms with Crippen LogP contribution in [0, 0.1) is 6.92 Å². The van der Waals surface area contributed by atoms with Gasteiger partial charge in [0, 0.05) is 19.3 Å². The number of nitrogens with zero attached hydrogens (tertiary/aromatic N) is 2. The summed E-state index contributed by atoms with van der Waals surface area (Å²) < 4.78 is 37.5. The summed E-state index contributed by atoms with van der Waals surface area (Å²) in [4.78, 5) is 5.36. The molecule has 1 rings (SSSR count). The molecule has 0 unspecified atom stereocenters. The van der Waals surface area contributed by atoms with E-state index in [0.717, 1.165) is 11.1 Å². The first-order chi connectivity index (χ1) is 8.37. The molecule has 0 spiro atoms. The van der Waals surface area contributed by atoms with E-state index in [0.29, 0.717) is 25.3 Å². The second kappa shape index (κ2) is 6.04. The Balaban J connectivity index is 2.98. The van der Waals surface area contributed by atoms with Crippen LogP contribution in [0.2, 0.25) is 0 Å². The van der Waals surface area contributed by atoms with Crippen molar-refractivity contribution >= 4 is 5.82 Å². The fourth-order valence-electron chi connectivity index (χ4n) is 1.81. The van der Waals surface area contributed by atoms with E-state index >= 15 is 0 Å². The maximum atomic E-state index is 12.5. The van der Waals surface area contributed by atoms with Crippen molar-refractivity contribution in [1.29, 1.82) is 0 Å². The summed E-state index contributed by atoms with van der Waals surface area (Å²) in [6, 6.07) is 1.78. The van der Waals surface area contributed by atoms with Gasteiger partial charge in [-0.05, 0) is 30.5 Å². The number of halogens is 3. The normalized spacial score (nSPS) is 11.7. The van der Waals surface area contributed by atoms with Crippen LogP contribution in [0.3, 0.4) is 0 Å². The lowest BCUT2D eigenvalue weighted by atomic mass is 10.2. The standard InChI is InChI=1S/C12H18F3N3/c1-3-4-18(8-12(13,14)15)11-9(2)5-10(6-16)7-17-11/h5,7H,3-4,6,8,16H2,1-2H3. The van der Waals surface area contributed by atoms with Crippen molar-refractivity contribution in [1.82, 2.24) is 4.98 Å². The summed E-state index contributed by atoms with van der Waals surface area (Å²) in [6.07, 6.45) is -2.06. The van der Waals surface area contributed by atoms with Gasteiger partial charge in [-0.3, -0.25) is 0 Å². The molecule has 0 atom stereocenters. The van der Waals surface area contributed by atoms with Crippen molar-refractivity contribution in [2.24, 2.45) is 5.73 Å². The third kappa shape index (κ3) is 4.18. The number of pyridine rings is 1. The molecular formula is C12H18F3N3. The van der Waals surface area contributed by atoms with E-state index in [4.69, 9.17) is 5.73 Å². The van der Waals surface area contributed by atoms with Gasteiger partial charge in [0.25, 0.3) is 0 Å². The highest BCUT2D eigenvalue weighted by Gasteiger charge is 2.31. The van der Waals surface area contributed by atoms with Crippen LogP contribution in [0.15, 0.2) is 12.3 Å². The smallest absolute Gasteiger partial charge is 0.347 e. The van der Waals surface area contributed by atoms with Crippen molar-refractivity contribution < 1.29 is 13.2 Å². The molecule has 0 aromatic carbocycles. The van der Waals surface area contributed by atoms with E-state index in [2.05, 4.69) is 4.98 Å². The number of rotatable bonds is 5. The number of aryl methyl sites for hydroxylation is 1. The largest absolute Gasteiger partial charge is 0.405 e. The maximum Gasteiger partial charge on any atom is 0.405 e. The molecule has 1 heterocycles. The van der Waals surface area contributed by atoms with Gasteiger partial charge < -0.3 is 10.6 Å². The molecule has 1 aromatic rings. The van der Waals surface area contributed by atoms with Crippen molar-refractivity contribution in [3.8, 4) is 0 Å². The maximum absolute atomic E-state index is 12.5. The first kappa shape index (κ1) is 14.8. The van der Waals surface area contributed by atoms with Gasteiger partial charge >= 0.3 is 6.18 Å². The van der Waals surface area contributed by atoms with Gasteiger partial charge in [-0.1, -0.05) is 6.92 Å². The zero-order valence-corrected chi connectivity index (χ0v) is 10.6. The van der Waals surface area contributed by atoms with E-state index in [1.807, 2.05) is 6.92 Å². The SMILES string of the molecule is CCCN(CC(F)(F)F)c1ncc(CN)cc1C. The lowest BCUT2D eigenvalue weighted by molar-refractivity contribution is -0.119. The predicted molar refractivity (Wildman–Crippen MR) is 65.4 cm³/mol. The topological polar surface area (TPSA) is 42.2 Å². The fourth-order valence-corrected chi connectivity index (χ4v) is 1.81. The number of hydrogen-bond acceptors (Lipinski definition) is 3. The van der Waals surface area contributed by atoms with Crippen LogP contribution < -0.4 is 10.6 Å². The Hall–Kier alpha value is -1.30. The summed E-state index contributed by atoms with van der Waals surface area (Å²) in [7, 11) is 0. The lowest BCUT2D eigenvalue weighted by Gasteiger charge is -2.26. The average Bonchev–Trinajstić information content (AvgIpc) is 2.26. The molecule has 0 aliphatic carbocycles. The third-order valence-corrected chi connectivity index (χ3v) is 2.51. The molecule has 18 heavy (non-hydrogen) atoms. The molecule has 0 saturated carbocycles. The van der Waals surface area contributed by atoms with Crippen LogP contribution in [-0.2, 0) is 6.54 Å². The molecule has 0 radical (unpaired) electrons.